The third-order valence-electron chi connectivity index (χ3n) is 1.65. The number of halogens is 1. The van der Waals surface area contributed by atoms with Crippen molar-refractivity contribution in [2.45, 2.75) is 4.90 Å². The maximum absolute atomic E-state index is 11.9. The van der Waals surface area contributed by atoms with E-state index in [1.54, 1.807) is 43.3 Å². The first-order chi connectivity index (χ1) is 7.33. The van der Waals surface area contributed by atoms with Crippen molar-refractivity contribution < 1.29 is 8.42 Å². The molecular formula is C9H10BrNO2S3. The molecule has 88 valence electrons. The third-order valence-corrected chi connectivity index (χ3v) is 6.39. The molecule has 0 aliphatic heterocycles. The maximum Gasteiger partial charge on any atom is 0.236 e. The lowest BCUT2D eigenvalue weighted by molar-refractivity contribution is 0.610. The third kappa shape index (κ3) is 3.73. The van der Waals surface area contributed by atoms with Crippen LogP contribution in [0.25, 0.3) is 0 Å². The van der Waals surface area contributed by atoms with Crippen molar-refractivity contribution in [3.8, 4) is 0 Å². The molecule has 0 atom stereocenters. The van der Waals surface area contributed by atoms with Gasteiger partial charge in [-0.05, 0) is 24.3 Å². The van der Waals surface area contributed by atoms with E-state index < -0.39 is 8.87 Å². The second-order valence-electron chi connectivity index (χ2n) is 3.15. The molecule has 0 bridgehead atoms. The zero-order chi connectivity index (χ0) is 12.3. The maximum atomic E-state index is 11.9. The van der Waals surface area contributed by atoms with Crippen molar-refractivity contribution in [2.75, 3.05) is 14.1 Å². The minimum atomic E-state index is -3.41. The van der Waals surface area contributed by atoms with Crippen LogP contribution in [0.5, 0.6) is 0 Å². The van der Waals surface area contributed by atoms with Gasteiger partial charge in [-0.15, -0.1) is 0 Å². The Morgan fingerprint density at radius 2 is 1.81 bits per heavy atom. The highest BCUT2D eigenvalue weighted by Crippen LogP contribution is 2.26. The van der Waals surface area contributed by atoms with E-state index >= 15 is 0 Å². The van der Waals surface area contributed by atoms with Crippen molar-refractivity contribution in [3.05, 3.63) is 28.7 Å². The van der Waals surface area contributed by atoms with Gasteiger partial charge in [0.25, 0.3) is 0 Å². The smallest absolute Gasteiger partial charge is 0.236 e. The highest BCUT2D eigenvalue weighted by atomic mass is 79.9. The average Bonchev–Trinajstić information content (AvgIpc) is 2.17. The van der Waals surface area contributed by atoms with Crippen LogP contribution in [0.1, 0.15) is 0 Å². The SMILES string of the molecule is CN(C)C(=S)SS(=O)(=O)c1ccc(Br)cc1. The van der Waals surface area contributed by atoms with E-state index in [0.29, 0.717) is 15.1 Å². The van der Waals surface area contributed by atoms with E-state index in [1.807, 2.05) is 0 Å². The first-order valence-electron chi connectivity index (χ1n) is 4.24. The van der Waals surface area contributed by atoms with Gasteiger partial charge in [-0.25, -0.2) is 8.42 Å². The predicted molar refractivity (Wildman–Crippen MR) is 75.2 cm³/mol. The second kappa shape index (κ2) is 5.48. The van der Waals surface area contributed by atoms with Gasteiger partial charge in [0.1, 0.15) is 0 Å². The summed E-state index contributed by atoms with van der Waals surface area (Å²) in [6.07, 6.45) is 0. The van der Waals surface area contributed by atoms with Crippen LogP contribution in [0.3, 0.4) is 0 Å². The molecule has 0 amide bonds. The van der Waals surface area contributed by atoms with Crippen LogP contribution in [0.4, 0.5) is 0 Å². The predicted octanol–water partition coefficient (Wildman–Crippen LogP) is 2.72. The van der Waals surface area contributed by atoms with Crippen molar-refractivity contribution in [3.63, 3.8) is 0 Å². The van der Waals surface area contributed by atoms with Gasteiger partial charge in [0.2, 0.25) is 8.87 Å². The highest BCUT2D eigenvalue weighted by molar-refractivity contribution is 9.10. The monoisotopic (exact) mass is 339 g/mol. The number of rotatable bonds is 2. The Bertz CT molecular complexity index is 482. The molecule has 0 aromatic heterocycles. The summed E-state index contributed by atoms with van der Waals surface area (Å²) in [4.78, 5) is 1.85. The molecule has 1 aromatic rings. The molecule has 0 saturated carbocycles. The van der Waals surface area contributed by atoms with Gasteiger partial charge in [0.15, 0.2) is 4.32 Å². The molecule has 16 heavy (non-hydrogen) atoms. The lowest BCUT2D eigenvalue weighted by Gasteiger charge is -2.12. The van der Waals surface area contributed by atoms with Gasteiger partial charge in [-0.1, -0.05) is 28.1 Å². The van der Waals surface area contributed by atoms with Gasteiger partial charge < -0.3 is 4.90 Å². The van der Waals surface area contributed by atoms with E-state index in [1.165, 1.54) is 0 Å². The van der Waals surface area contributed by atoms with Crippen molar-refractivity contribution >= 4 is 52.1 Å². The summed E-state index contributed by atoms with van der Waals surface area (Å²) in [6.45, 7) is 0. The molecule has 1 rings (SSSR count). The molecule has 1 aromatic carbocycles. The molecular weight excluding hydrogens is 330 g/mol. The highest BCUT2D eigenvalue weighted by Gasteiger charge is 2.18. The summed E-state index contributed by atoms with van der Waals surface area (Å²) >= 11 is 8.20. The summed E-state index contributed by atoms with van der Waals surface area (Å²) in [5.74, 6) is 0. The topological polar surface area (TPSA) is 37.4 Å². The van der Waals surface area contributed by atoms with Crippen molar-refractivity contribution in [1.82, 2.24) is 4.90 Å². The number of hydrogen-bond acceptors (Lipinski definition) is 4. The van der Waals surface area contributed by atoms with Crippen molar-refractivity contribution in [2.24, 2.45) is 0 Å². The van der Waals surface area contributed by atoms with Gasteiger partial charge in [0, 0.05) is 29.4 Å². The number of thiocarbonyl (C=S) groups is 1. The molecule has 0 radical (unpaired) electrons. The van der Waals surface area contributed by atoms with Gasteiger partial charge in [0.05, 0.1) is 4.90 Å². The molecule has 0 aliphatic rings. The van der Waals surface area contributed by atoms with Crippen LogP contribution >= 0.6 is 38.9 Å². The Balaban J connectivity index is 2.95. The minimum absolute atomic E-state index is 0.255. The fourth-order valence-corrected chi connectivity index (χ4v) is 4.42. The number of benzene rings is 1. The molecule has 0 N–H and O–H groups in total. The molecule has 0 unspecified atom stereocenters. The van der Waals surface area contributed by atoms with E-state index in [-0.39, 0.29) is 4.90 Å². The van der Waals surface area contributed by atoms with E-state index in [4.69, 9.17) is 12.2 Å². The van der Waals surface area contributed by atoms with E-state index in [9.17, 15) is 8.42 Å². The van der Waals surface area contributed by atoms with Gasteiger partial charge >= 0.3 is 0 Å². The summed E-state index contributed by atoms with van der Waals surface area (Å²) in [5.41, 5.74) is 0. The van der Waals surface area contributed by atoms with Crippen LogP contribution in [-0.4, -0.2) is 31.7 Å². The zero-order valence-corrected chi connectivity index (χ0v) is 12.7. The minimum Gasteiger partial charge on any atom is -0.363 e. The molecule has 7 heteroatoms. The largest absolute Gasteiger partial charge is 0.363 e. The molecule has 0 aliphatic carbocycles. The number of nitrogens with zero attached hydrogens (tertiary/aromatic N) is 1. The standard InChI is InChI=1S/C9H10BrNO2S3/c1-11(2)9(14)15-16(12,13)8-5-3-7(10)4-6-8/h3-6H,1-2H3. The Hall–Kier alpha value is -0.110. The second-order valence-corrected chi connectivity index (χ2v) is 8.46. The molecule has 0 fully saturated rings. The summed E-state index contributed by atoms with van der Waals surface area (Å²) in [6, 6.07) is 6.47. The van der Waals surface area contributed by atoms with Crippen LogP contribution in [0.2, 0.25) is 0 Å². The summed E-state index contributed by atoms with van der Waals surface area (Å²) < 4.78 is 24.9. The Morgan fingerprint density at radius 3 is 2.25 bits per heavy atom. The number of hydrogen-bond donors (Lipinski definition) is 0. The Kier molecular flexibility index (Phi) is 4.78. The Morgan fingerprint density at radius 1 is 1.31 bits per heavy atom. The first-order valence-corrected chi connectivity index (χ1v) is 8.26. The van der Waals surface area contributed by atoms with Crippen LogP contribution < -0.4 is 0 Å². The fraction of sp³-hybridized carbons (Fsp3) is 0.222. The summed E-state index contributed by atoms with van der Waals surface area (Å²) in [5, 5.41) is 0. The normalized spacial score (nSPS) is 11.2. The van der Waals surface area contributed by atoms with Crippen LogP contribution in [-0.2, 0) is 8.87 Å². The quantitative estimate of drug-likeness (QED) is 0.611. The van der Waals surface area contributed by atoms with E-state index in [0.717, 1.165) is 4.47 Å². The van der Waals surface area contributed by atoms with Crippen LogP contribution in [0, 0.1) is 0 Å². The fourth-order valence-electron chi connectivity index (χ4n) is 0.818. The van der Waals surface area contributed by atoms with E-state index in [2.05, 4.69) is 15.9 Å². The lowest BCUT2D eigenvalue weighted by atomic mass is 10.4. The molecule has 3 nitrogen and oxygen atoms in total. The Labute approximate surface area is 113 Å². The van der Waals surface area contributed by atoms with Crippen LogP contribution in [0.15, 0.2) is 33.6 Å². The van der Waals surface area contributed by atoms with Gasteiger partial charge in [-0.2, -0.15) is 0 Å². The zero-order valence-electron chi connectivity index (χ0n) is 8.68. The van der Waals surface area contributed by atoms with Crippen molar-refractivity contribution in [1.29, 1.82) is 0 Å². The first kappa shape index (κ1) is 14.0. The summed E-state index contributed by atoms with van der Waals surface area (Å²) in [7, 11) is 0.704. The average molecular weight is 340 g/mol. The van der Waals surface area contributed by atoms with Gasteiger partial charge in [-0.3, -0.25) is 0 Å². The molecule has 0 saturated heterocycles. The molecule has 0 heterocycles. The lowest BCUT2D eigenvalue weighted by Crippen LogP contribution is -2.18. The molecule has 0 spiro atoms.